The Morgan fingerprint density at radius 2 is 1.85 bits per heavy atom. The number of halogens is 1. The van der Waals surface area contributed by atoms with E-state index in [2.05, 4.69) is 40.6 Å². The van der Waals surface area contributed by atoms with Gasteiger partial charge in [0.25, 0.3) is 0 Å². The van der Waals surface area contributed by atoms with Crippen molar-refractivity contribution in [2.75, 3.05) is 26.1 Å². The van der Waals surface area contributed by atoms with Gasteiger partial charge >= 0.3 is 0 Å². The predicted octanol–water partition coefficient (Wildman–Crippen LogP) is 4.46. The maximum atomic E-state index is 6.14. The molecule has 2 aromatic carbocycles. The highest BCUT2D eigenvalue weighted by molar-refractivity contribution is 14.0. The lowest BCUT2D eigenvalue weighted by molar-refractivity contribution is 0.145. The molecule has 0 aliphatic heterocycles. The molecule has 146 valence electrons. The van der Waals surface area contributed by atoms with E-state index in [-0.39, 0.29) is 29.4 Å². The Balaban J connectivity index is 0.00000261. The van der Waals surface area contributed by atoms with Gasteiger partial charge in [-0.05, 0) is 42.4 Å². The summed E-state index contributed by atoms with van der Waals surface area (Å²) in [4.78, 5) is 4.63. The number of aliphatic imine (C=N–C) groups is 1. The van der Waals surface area contributed by atoms with Gasteiger partial charge in [-0.2, -0.15) is 0 Å². The van der Waals surface area contributed by atoms with Crippen LogP contribution >= 0.6 is 24.0 Å². The number of hydrogen-bond acceptors (Lipinski definition) is 3. The van der Waals surface area contributed by atoms with Crippen LogP contribution in [0.3, 0.4) is 0 Å². The van der Waals surface area contributed by atoms with Crippen molar-refractivity contribution in [3.05, 3.63) is 54.1 Å². The third-order valence-corrected chi connectivity index (χ3v) is 5.09. The van der Waals surface area contributed by atoms with Crippen molar-refractivity contribution in [3.63, 3.8) is 0 Å². The van der Waals surface area contributed by atoms with E-state index in [9.17, 15) is 0 Å². The highest BCUT2D eigenvalue weighted by atomic mass is 127. The number of nitrogens with two attached hydrogens (primary N) is 1. The van der Waals surface area contributed by atoms with Gasteiger partial charge < -0.3 is 20.5 Å². The van der Waals surface area contributed by atoms with E-state index in [1.807, 2.05) is 18.2 Å². The summed E-state index contributed by atoms with van der Waals surface area (Å²) in [6.45, 7) is 0.729. The molecule has 1 saturated carbocycles. The van der Waals surface area contributed by atoms with Crippen molar-refractivity contribution in [2.24, 2.45) is 16.1 Å². The second-order valence-corrected chi connectivity index (χ2v) is 6.91. The Morgan fingerprint density at radius 1 is 1.11 bits per heavy atom. The molecule has 0 radical (unpaired) electrons. The topological polar surface area (TPSA) is 68.9 Å². The lowest BCUT2D eigenvalue weighted by Crippen LogP contribution is -2.36. The van der Waals surface area contributed by atoms with Gasteiger partial charge in [0.05, 0.1) is 19.9 Å². The fourth-order valence-electron chi connectivity index (χ4n) is 3.44. The van der Waals surface area contributed by atoms with E-state index in [0.29, 0.717) is 11.7 Å². The summed E-state index contributed by atoms with van der Waals surface area (Å²) in [6.07, 6.45) is 4.70. The molecule has 1 fully saturated rings. The van der Waals surface area contributed by atoms with Crippen molar-refractivity contribution in [1.82, 2.24) is 0 Å². The van der Waals surface area contributed by atoms with Crippen molar-refractivity contribution >= 4 is 35.6 Å². The standard InChI is InChI=1S/C21H27N3O2.HI/c1-25-17-9-10-19(26-2)18(13-17)24-20(22)23-15-21(11-6-12-21)14-16-7-4-3-5-8-16;/h3-5,7-10,13H,6,11-12,14-15H2,1-2H3,(H3,22,23,24);1H. The van der Waals surface area contributed by atoms with Crippen LogP contribution < -0.4 is 20.5 Å². The number of methoxy groups -OCH3 is 2. The minimum absolute atomic E-state index is 0. The third-order valence-electron chi connectivity index (χ3n) is 5.09. The quantitative estimate of drug-likeness (QED) is 0.348. The van der Waals surface area contributed by atoms with Gasteiger partial charge in [0.2, 0.25) is 0 Å². The first-order valence-corrected chi connectivity index (χ1v) is 8.97. The number of ether oxygens (including phenoxy) is 2. The third kappa shape index (κ3) is 5.51. The zero-order valence-electron chi connectivity index (χ0n) is 15.9. The SMILES string of the molecule is COc1ccc(OC)c(NC(N)=NCC2(Cc3ccccc3)CCC2)c1.I. The van der Waals surface area contributed by atoms with Crippen LogP contribution in [0.1, 0.15) is 24.8 Å². The minimum Gasteiger partial charge on any atom is -0.497 e. The number of anilines is 1. The van der Waals surface area contributed by atoms with Gasteiger partial charge in [-0.3, -0.25) is 4.99 Å². The molecule has 5 nitrogen and oxygen atoms in total. The first-order chi connectivity index (χ1) is 12.6. The fraction of sp³-hybridized carbons (Fsp3) is 0.381. The van der Waals surface area contributed by atoms with Crippen molar-refractivity contribution in [2.45, 2.75) is 25.7 Å². The van der Waals surface area contributed by atoms with E-state index in [1.54, 1.807) is 14.2 Å². The molecule has 0 atom stereocenters. The smallest absolute Gasteiger partial charge is 0.193 e. The first-order valence-electron chi connectivity index (χ1n) is 8.97. The number of guanidine groups is 1. The number of hydrogen-bond donors (Lipinski definition) is 2. The number of benzene rings is 2. The van der Waals surface area contributed by atoms with Crippen LogP contribution in [0.25, 0.3) is 0 Å². The molecule has 2 aromatic rings. The average Bonchev–Trinajstić information content (AvgIpc) is 2.64. The Kier molecular flexibility index (Phi) is 7.77. The molecule has 0 saturated heterocycles. The zero-order chi connectivity index (χ0) is 18.4. The number of nitrogens with zero attached hydrogens (tertiary/aromatic N) is 1. The minimum atomic E-state index is 0. The summed E-state index contributed by atoms with van der Waals surface area (Å²) in [7, 11) is 3.26. The molecule has 0 aromatic heterocycles. The normalized spacial score (nSPS) is 15.3. The monoisotopic (exact) mass is 481 g/mol. The summed E-state index contributed by atoms with van der Waals surface area (Å²) in [6, 6.07) is 16.2. The molecular formula is C21H28IN3O2. The second kappa shape index (κ2) is 9.82. The van der Waals surface area contributed by atoms with Gasteiger partial charge in [0.1, 0.15) is 11.5 Å². The molecule has 3 N–H and O–H groups in total. The highest BCUT2D eigenvalue weighted by Gasteiger charge is 2.36. The maximum absolute atomic E-state index is 6.14. The van der Waals surface area contributed by atoms with Crippen LogP contribution in [0, 0.1) is 5.41 Å². The number of nitrogens with one attached hydrogen (secondary N) is 1. The summed E-state index contributed by atoms with van der Waals surface area (Å²) < 4.78 is 10.6. The lowest BCUT2D eigenvalue weighted by atomic mass is 9.65. The summed E-state index contributed by atoms with van der Waals surface area (Å²) >= 11 is 0. The van der Waals surface area contributed by atoms with Crippen LogP contribution in [0.4, 0.5) is 5.69 Å². The second-order valence-electron chi connectivity index (χ2n) is 6.91. The molecule has 0 bridgehead atoms. The molecule has 0 unspecified atom stereocenters. The van der Waals surface area contributed by atoms with Crippen molar-refractivity contribution in [1.29, 1.82) is 0 Å². The van der Waals surface area contributed by atoms with Crippen LogP contribution in [0.2, 0.25) is 0 Å². The molecule has 0 amide bonds. The summed E-state index contributed by atoms with van der Waals surface area (Å²) in [5, 5.41) is 3.14. The van der Waals surface area contributed by atoms with Crippen LogP contribution in [0.5, 0.6) is 11.5 Å². The Bertz CT molecular complexity index is 761. The highest BCUT2D eigenvalue weighted by Crippen LogP contribution is 2.44. The van der Waals surface area contributed by atoms with E-state index in [0.717, 1.165) is 24.4 Å². The van der Waals surface area contributed by atoms with E-state index in [4.69, 9.17) is 15.2 Å². The first kappa shape index (κ1) is 21.3. The van der Waals surface area contributed by atoms with E-state index < -0.39 is 0 Å². The molecule has 1 aliphatic carbocycles. The Morgan fingerprint density at radius 3 is 2.44 bits per heavy atom. The zero-order valence-corrected chi connectivity index (χ0v) is 18.2. The molecule has 6 heteroatoms. The van der Waals surface area contributed by atoms with Crippen LogP contribution in [-0.4, -0.2) is 26.7 Å². The number of rotatable bonds is 7. The molecular weight excluding hydrogens is 453 g/mol. The lowest BCUT2D eigenvalue weighted by Gasteiger charge is -2.41. The Labute approximate surface area is 178 Å². The molecule has 27 heavy (non-hydrogen) atoms. The van der Waals surface area contributed by atoms with Gasteiger partial charge in [-0.15, -0.1) is 24.0 Å². The van der Waals surface area contributed by atoms with Gasteiger partial charge in [0.15, 0.2) is 5.96 Å². The largest absolute Gasteiger partial charge is 0.497 e. The summed E-state index contributed by atoms with van der Waals surface area (Å²) in [5.41, 5.74) is 8.48. The molecule has 0 heterocycles. The van der Waals surface area contributed by atoms with Crippen molar-refractivity contribution < 1.29 is 9.47 Å². The van der Waals surface area contributed by atoms with Crippen molar-refractivity contribution in [3.8, 4) is 11.5 Å². The van der Waals surface area contributed by atoms with E-state index in [1.165, 1.54) is 24.8 Å². The van der Waals surface area contributed by atoms with Crippen LogP contribution in [0.15, 0.2) is 53.5 Å². The predicted molar refractivity (Wildman–Crippen MR) is 122 cm³/mol. The molecule has 1 aliphatic rings. The molecule has 0 spiro atoms. The van der Waals surface area contributed by atoms with Gasteiger partial charge in [0, 0.05) is 12.6 Å². The van der Waals surface area contributed by atoms with E-state index >= 15 is 0 Å². The van der Waals surface area contributed by atoms with Crippen LogP contribution in [-0.2, 0) is 6.42 Å². The van der Waals surface area contributed by atoms with Gasteiger partial charge in [-0.1, -0.05) is 36.8 Å². The summed E-state index contributed by atoms with van der Waals surface area (Å²) in [5.74, 6) is 1.84. The average molecular weight is 481 g/mol. The van der Waals surface area contributed by atoms with Gasteiger partial charge in [-0.25, -0.2) is 0 Å². The fourth-order valence-corrected chi connectivity index (χ4v) is 3.44. The Hall–Kier alpha value is -1.96. The maximum Gasteiger partial charge on any atom is 0.193 e. The molecule has 3 rings (SSSR count).